The lowest BCUT2D eigenvalue weighted by Gasteiger charge is -2.32. The zero-order chi connectivity index (χ0) is 36.9. The molecule has 2 atom stereocenters. The predicted octanol–water partition coefficient (Wildman–Crippen LogP) is 6.11. The summed E-state index contributed by atoms with van der Waals surface area (Å²) in [5.41, 5.74) is 8.06. The van der Waals surface area contributed by atoms with Crippen molar-refractivity contribution < 1.29 is 23.9 Å². The Morgan fingerprint density at radius 3 is 2.51 bits per heavy atom. The van der Waals surface area contributed by atoms with Crippen molar-refractivity contribution in [3.63, 3.8) is 0 Å². The summed E-state index contributed by atoms with van der Waals surface area (Å²) in [5.74, 6) is 2.29. The number of amides is 3. The van der Waals surface area contributed by atoms with Crippen LogP contribution in [0.1, 0.15) is 72.3 Å². The highest BCUT2D eigenvalue weighted by Crippen LogP contribution is 2.46. The Bertz CT molecular complexity index is 2080. The van der Waals surface area contributed by atoms with E-state index in [1.54, 1.807) is 4.90 Å². The molecule has 1 aliphatic heterocycles. The van der Waals surface area contributed by atoms with E-state index in [0.29, 0.717) is 45.0 Å². The smallest absolute Gasteiger partial charge is 0.407 e. The van der Waals surface area contributed by atoms with Crippen LogP contribution in [0.3, 0.4) is 0 Å². The van der Waals surface area contributed by atoms with Gasteiger partial charge in [-0.05, 0) is 53.3 Å². The van der Waals surface area contributed by atoms with Crippen molar-refractivity contribution in [2.75, 3.05) is 26.7 Å². The number of carbonyl (C=O) groups is 3. The number of methoxy groups -OCH3 is 1. The summed E-state index contributed by atoms with van der Waals surface area (Å²) in [6.45, 7) is 6.31. The third-order valence-corrected chi connectivity index (χ3v) is 9.85. The number of alkyl carbamates (subject to hydrolysis) is 1. The van der Waals surface area contributed by atoms with Crippen molar-refractivity contribution in [3.8, 4) is 11.3 Å². The van der Waals surface area contributed by atoms with E-state index in [9.17, 15) is 14.4 Å². The fourth-order valence-electron chi connectivity index (χ4n) is 7.24. The third-order valence-electron chi connectivity index (χ3n) is 9.85. The molecular formula is C41H45N7O5. The second-order valence-electron chi connectivity index (χ2n) is 13.6. The maximum atomic E-state index is 13.2. The summed E-state index contributed by atoms with van der Waals surface area (Å²) in [7, 11) is 1.27. The predicted molar refractivity (Wildman–Crippen MR) is 201 cm³/mol. The molecule has 0 spiro atoms. The Morgan fingerprint density at radius 1 is 0.962 bits per heavy atom. The molecule has 2 aromatic heterocycles. The quantitative estimate of drug-likeness (QED) is 0.151. The first-order chi connectivity index (χ1) is 25.8. The molecule has 0 saturated heterocycles. The van der Waals surface area contributed by atoms with Crippen LogP contribution in [0.25, 0.3) is 22.9 Å². The first kappa shape index (κ1) is 35.5. The normalized spacial score (nSPS) is 16.5. The number of allylic oxidation sites excluding steroid dienone is 4. The molecule has 2 aliphatic carbocycles. The summed E-state index contributed by atoms with van der Waals surface area (Å²) in [6, 6.07) is 16.2. The lowest BCUT2D eigenvalue weighted by atomic mass is 9.77. The largest absolute Gasteiger partial charge is 0.489 e. The SMILES string of the molecule is CCCN(Cc1ncc(-c2ccc3c(c2)COC2=CC4c5[nH]c(CN(CCC)C(=O)CNC(=O)OC)nc5C=CC4C=C23)[nH]1)C(=O)Cc1ccccc1. The monoisotopic (exact) mass is 715 g/mol. The molecule has 12 nitrogen and oxygen atoms in total. The summed E-state index contributed by atoms with van der Waals surface area (Å²) in [5, 5.41) is 2.47. The van der Waals surface area contributed by atoms with E-state index in [1.165, 1.54) is 7.11 Å². The van der Waals surface area contributed by atoms with Gasteiger partial charge in [0.05, 0.1) is 49.9 Å². The molecule has 0 fully saturated rings. The van der Waals surface area contributed by atoms with Crippen molar-refractivity contribution in [2.24, 2.45) is 5.92 Å². The highest BCUT2D eigenvalue weighted by molar-refractivity contribution is 5.84. The molecule has 2 aromatic carbocycles. The van der Waals surface area contributed by atoms with Gasteiger partial charge in [0.15, 0.2) is 0 Å². The number of hydrogen-bond donors (Lipinski definition) is 3. The van der Waals surface area contributed by atoms with Gasteiger partial charge in [0.2, 0.25) is 11.8 Å². The maximum Gasteiger partial charge on any atom is 0.407 e. The minimum absolute atomic E-state index is 0.0161. The number of H-pyrrole nitrogens is 2. The molecule has 0 radical (unpaired) electrons. The number of carbonyl (C=O) groups excluding carboxylic acids is 3. The number of aromatic amines is 2. The summed E-state index contributed by atoms with van der Waals surface area (Å²) in [4.78, 5) is 57.5. The van der Waals surface area contributed by atoms with E-state index < -0.39 is 6.09 Å². The second-order valence-corrected chi connectivity index (χ2v) is 13.6. The van der Waals surface area contributed by atoms with Gasteiger partial charge in [-0.3, -0.25) is 9.59 Å². The molecule has 4 aromatic rings. The summed E-state index contributed by atoms with van der Waals surface area (Å²) < 4.78 is 11.0. The number of fused-ring (bicyclic) bond motifs is 6. The summed E-state index contributed by atoms with van der Waals surface area (Å²) in [6.07, 6.45) is 11.9. The lowest BCUT2D eigenvalue weighted by Crippen LogP contribution is -2.40. The standard InChI is InChI=1S/C41H45N7O5/c1-4-15-47(38(49)17-26-9-7-6-8-10-26)23-36-42-21-34(45-36)28-11-13-30-29(18-28)25-53-35-20-31-27(19-32(30)35)12-14-33-40(31)46-37(44-33)24-48(16-5-2)39(50)22-43-41(51)52-3/h6-14,18-21,27,31H,4-5,15-17,22-25H2,1-3H3,(H,42,45)(H,43,51)(H,44,46). The van der Waals surface area contributed by atoms with Crippen LogP contribution in [0, 0.1) is 5.92 Å². The Labute approximate surface area is 309 Å². The number of ether oxygens (including phenoxy) is 2. The molecule has 7 rings (SSSR count). The Kier molecular flexibility index (Phi) is 10.6. The average molecular weight is 716 g/mol. The van der Waals surface area contributed by atoms with Gasteiger partial charge in [-0.2, -0.15) is 0 Å². The van der Waals surface area contributed by atoms with Crippen LogP contribution in [0.5, 0.6) is 0 Å². The maximum absolute atomic E-state index is 13.2. The number of aromatic nitrogens is 4. The van der Waals surface area contributed by atoms with Crippen LogP contribution >= 0.6 is 0 Å². The van der Waals surface area contributed by atoms with Gasteiger partial charge in [-0.1, -0.05) is 68.5 Å². The van der Waals surface area contributed by atoms with E-state index in [0.717, 1.165) is 69.3 Å². The van der Waals surface area contributed by atoms with Gasteiger partial charge >= 0.3 is 6.09 Å². The summed E-state index contributed by atoms with van der Waals surface area (Å²) >= 11 is 0. The Morgan fingerprint density at radius 2 is 1.74 bits per heavy atom. The Hall–Kier alpha value is -5.91. The molecule has 274 valence electrons. The van der Waals surface area contributed by atoms with E-state index >= 15 is 0 Å². The molecule has 3 heterocycles. The van der Waals surface area contributed by atoms with Crippen LogP contribution in [0.15, 0.2) is 78.7 Å². The van der Waals surface area contributed by atoms with Gasteiger partial charge < -0.3 is 34.6 Å². The fourth-order valence-corrected chi connectivity index (χ4v) is 7.24. The molecule has 3 aliphatic rings. The third kappa shape index (κ3) is 7.81. The van der Waals surface area contributed by atoms with Crippen LogP contribution in [-0.2, 0) is 45.2 Å². The first-order valence-electron chi connectivity index (χ1n) is 18.3. The van der Waals surface area contributed by atoms with Gasteiger partial charge in [0, 0.05) is 30.5 Å². The van der Waals surface area contributed by atoms with Gasteiger partial charge in [0.25, 0.3) is 0 Å². The molecule has 0 saturated carbocycles. The van der Waals surface area contributed by atoms with Gasteiger partial charge in [-0.15, -0.1) is 0 Å². The highest BCUT2D eigenvalue weighted by atomic mass is 16.5. The van der Waals surface area contributed by atoms with Crippen LogP contribution < -0.4 is 5.32 Å². The van der Waals surface area contributed by atoms with Gasteiger partial charge in [-0.25, -0.2) is 14.8 Å². The molecule has 53 heavy (non-hydrogen) atoms. The highest BCUT2D eigenvalue weighted by Gasteiger charge is 2.34. The second kappa shape index (κ2) is 15.8. The number of benzene rings is 2. The van der Waals surface area contributed by atoms with Crippen molar-refractivity contribution in [1.82, 2.24) is 35.1 Å². The topological polar surface area (TPSA) is 146 Å². The number of nitrogens with zero attached hydrogens (tertiary/aromatic N) is 4. The minimum Gasteiger partial charge on any atom is -0.489 e. The molecule has 3 amide bonds. The van der Waals surface area contributed by atoms with E-state index in [4.69, 9.17) is 9.72 Å². The van der Waals surface area contributed by atoms with Crippen LogP contribution in [0.4, 0.5) is 4.79 Å². The first-order valence-corrected chi connectivity index (χ1v) is 18.3. The molecular weight excluding hydrogens is 670 g/mol. The van der Waals surface area contributed by atoms with Crippen molar-refractivity contribution in [2.45, 2.75) is 58.7 Å². The molecule has 3 N–H and O–H groups in total. The number of nitrogens with one attached hydrogen (secondary N) is 3. The number of rotatable bonds is 13. The van der Waals surface area contributed by atoms with Crippen molar-refractivity contribution in [1.29, 1.82) is 0 Å². The minimum atomic E-state index is -0.642. The molecule has 2 unspecified atom stereocenters. The zero-order valence-electron chi connectivity index (χ0n) is 30.4. The van der Waals surface area contributed by atoms with Gasteiger partial charge in [0.1, 0.15) is 30.6 Å². The fraction of sp³-hybridized carbons (Fsp3) is 0.341. The molecule has 12 heteroatoms. The molecule has 0 bridgehead atoms. The van der Waals surface area contributed by atoms with E-state index in [-0.39, 0.29) is 30.2 Å². The lowest BCUT2D eigenvalue weighted by molar-refractivity contribution is -0.131. The average Bonchev–Trinajstić information content (AvgIpc) is 3.83. The van der Waals surface area contributed by atoms with E-state index in [2.05, 4.69) is 68.4 Å². The number of hydrogen-bond acceptors (Lipinski definition) is 7. The van der Waals surface area contributed by atoms with E-state index in [1.807, 2.05) is 54.4 Å². The van der Waals surface area contributed by atoms with Crippen LogP contribution in [0.2, 0.25) is 0 Å². The van der Waals surface area contributed by atoms with Crippen molar-refractivity contribution in [3.05, 3.63) is 118 Å². The van der Waals surface area contributed by atoms with Crippen molar-refractivity contribution >= 4 is 29.6 Å². The zero-order valence-corrected chi connectivity index (χ0v) is 30.4. The van der Waals surface area contributed by atoms with Crippen LogP contribution in [-0.4, -0.2) is 74.4 Å². The Balaban J connectivity index is 1.04. The number of imidazole rings is 2.